The molecule has 1 atom stereocenters. The highest BCUT2D eigenvalue weighted by Gasteiger charge is 2.32. The summed E-state index contributed by atoms with van der Waals surface area (Å²) < 4.78 is 38.4. The maximum absolute atomic E-state index is 12.8. The number of amides is 2. The number of rotatable bonds is 5. The molecule has 1 aromatic rings. The molecule has 0 aliphatic carbocycles. The third-order valence-corrected chi connectivity index (χ3v) is 4.06. The van der Waals surface area contributed by atoms with Crippen molar-refractivity contribution in [1.82, 2.24) is 10.2 Å². The number of nitrogens with one attached hydrogen (secondary N) is 1. The summed E-state index contributed by atoms with van der Waals surface area (Å²) in [5.74, 6) is -0.672. The molecule has 0 aromatic heterocycles. The van der Waals surface area contributed by atoms with Gasteiger partial charge in [0.25, 0.3) is 0 Å². The minimum atomic E-state index is -4.42. The van der Waals surface area contributed by atoms with Gasteiger partial charge in [0.15, 0.2) is 0 Å². The highest BCUT2D eigenvalue weighted by Crippen LogP contribution is 2.30. The molecule has 0 bridgehead atoms. The molecule has 1 aliphatic heterocycles. The van der Waals surface area contributed by atoms with Crippen LogP contribution in [0.4, 0.5) is 13.2 Å². The summed E-state index contributed by atoms with van der Waals surface area (Å²) in [6, 6.07) is 4.91. The molecule has 1 saturated heterocycles. The summed E-state index contributed by atoms with van der Waals surface area (Å²) in [7, 11) is 0. The van der Waals surface area contributed by atoms with Crippen LogP contribution in [0.3, 0.4) is 0 Å². The molecule has 0 radical (unpaired) electrons. The molecule has 1 aliphatic rings. The number of alkyl halides is 3. The monoisotopic (exact) mass is 354 g/mol. The zero-order valence-corrected chi connectivity index (χ0v) is 14.0. The first-order chi connectivity index (χ1) is 11.7. The van der Waals surface area contributed by atoms with Gasteiger partial charge in [0.2, 0.25) is 11.8 Å². The van der Waals surface area contributed by atoms with Crippen molar-refractivity contribution in [2.75, 3.05) is 13.1 Å². The maximum Gasteiger partial charge on any atom is 0.416 e. The van der Waals surface area contributed by atoms with Gasteiger partial charge in [0.05, 0.1) is 11.5 Å². The average Bonchev–Trinajstić information content (AvgIpc) is 2.54. The van der Waals surface area contributed by atoms with Crippen LogP contribution in [-0.2, 0) is 22.3 Å². The quantitative estimate of drug-likeness (QED) is 0.826. The third-order valence-electron chi connectivity index (χ3n) is 4.06. The Morgan fingerprint density at radius 3 is 2.76 bits per heavy atom. The fourth-order valence-corrected chi connectivity index (χ4v) is 2.73. The minimum absolute atomic E-state index is 0.0625. The molecule has 1 fully saturated rings. The van der Waals surface area contributed by atoms with Gasteiger partial charge in [-0.25, -0.2) is 0 Å². The standard InChI is InChI=1S/C18H21F3N2O2/c1-12(2)9-22-17(25)14-6-7-16(24)23(11-14)10-13-4-3-5-15(8-13)18(19,20)21/h3-5,8,14H,1,6-7,9-11H2,2H3,(H,22,25)/t14-/m1/s1. The zero-order chi connectivity index (χ0) is 18.6. The van der Waals surface area contributed by atoms with Crippen LogP contribution in [0.5, 0.6) is 0 Å². The first-order valence-electron chi connectivity index (χ1n) is 8.03. The zero-order valence-electron chi connectivity index (χ0n) is 14.0. The number of carbonyl (C=O) groups is 2. The van der Waals surface area contributed by atoms with Gasteiger partial charge in [-0.3, -0.25) is 9.59 Å². The number of likely N-dealkylation sites (tertiary alicyclic amines) is 1. The van der Waals surface area contributed by atoms with Gasteiger partial charge in [-0.1, -0.05) is 24.3 Å². The van der Waals surface area contributed by atoms with E-state index in [0.29, 0.717) is 18.5 Å². The summed E-state index contributed by atoms with van der Waals surface area (Å²) in [4.78, 5) is 25.7. The molecule has 0 spiro atoms. The van der Waals surface area contributed by atoms with Gasteiger partial charge in [-0.15, -0.1) is 0 Å². The molecule has 1 aromatic carbocycles. The Morgan fingerprint density at radius 1 is 1.40 bits per heavy atom. The highest BCUT2D eigenvalue weighted by atomic mass is 19.4. The van der Waals surface area contributed by atoms with E-state index >= 15 is 0 Å². The van der Waals surface area contributed by atoms with Crippen LogP contribution >= 0.6 is 0 Å². The van der Waals surface area contributed by atoms with E-state index in [1.165, 1.54) is 11.0 Å². The van der Waals surface area contributed by atoms with Gasteiger partial charge >= 0.3 is 6.18 Å². The summed E-state index contributed by atoms with van der Waals surface area (Å²) in [5, 5.41) is 2.75. The van der Waals surface area contributed by atoms with Crippen molar-refractivity contribution in [2.45, 2.75) is 32.5 Å². The van der Waals surface area contributed by atoms with Crippen LogP contribution in [0.1, 0.15) is 30.9 Å². The molecule has 136 valence electrons. The van der Waals surface area contributed by atoms with Crippen molar-refractivity contribution < 1.29 is 22.8 Å². The molecule has 0 saturated carbocycles. The number of hydrogen-bond acceptors (Lipinski definition) is 2. The number of nitrogens with zero attached hydrogens (tertiary/aromatic N) is 1. The molecule has 2 rings (SSSR count). The second-order valence-electron chi connectivity index (χ2n) is 6.38. The SMILES string of the molecule is C=C(C)CNC(=O)[C@@H]1CCC(=O)N(Cc2cccc(C(F)(F)F)c2)C1. The van der Waals surface area contributed by atoms with E-state index in [0.717, 1.165) is 17.7 Å². The van der Waals surface area contributed by atoms with Gasteiger partial charge in [-0.05, 0) is 31.0 Å². The molecule has 25 heavy (non-hydrogen) atoms. The van der Waals surface area contributed by atoms with Gasteiger partial charge in [0, 0.05) is 26.1 Å². The van der Waals surface area contributed by atoms with E-state index in [1.807, 2.05) is 0 Å². The van der Waals surface area contributed by atoms with E-state index in [1.54, 1.807) is 13.0 Å². The van der Waals surface area contributed by atoms with E-state index in [2.05, 4.69) is 11.9 Å². The van der Waals surface area contributed by atoms with Crippen molar-refractivity contribution in [1.29, 1.82) is 0 Å². The van der Waals surface area contributed by atoms with Crippen LogP contribution in [0.2, 0.25) is 0 Å². The highest BCUT2D eigenvalue weighted by molar-refractivity contribution is 5.83. The lowest BCUT2D eigenvalue weighted by Gasteiger charge is -2.32. The summed E-state index contributed by atoms with van der Waals surface area (Å²) in [6.45, 7) is 6.15. The maximum atomic E-state index is 12.8. The van der Waals surface area contributed by atoms with Gasteiger partial charge in [0.1, 0.15) is 0 Å². The van der Waals surface area contributed by atoms with Crippen molar-refractivity contribution in [2.24, 2.45) is 5.92 Å². The first-order valence-corrected chi connectivity index (χ1v) is 8.03. The Morgan fingerprint density at radius 2 is 2.12 bits per heavy atom. The Bertz CT molecular complexity index is 671. The topological polar surface area (TPSA) is 49.4 Å². The number of benzene rings is 1. The fraction of sp³-hybridized carbons (Fsp3) is 0.444. The minimum Gasteiger partial charge on any atom is -0.352 e. The van der Waals surface area contributed by atoms with Crippen molar-refractivity contribution >= 4 is 11.8 Å². The summed E-state index contributed by atoms with van der Waals surface area (Å²) in [5.41, 5.74) is 0.470. The Balaban J connectivity index is 2.04. The molecule has 1 N–H and O–H groups in total. The Kier molecular flexibility index (Phi) is 5.87. The van der Waals surface area contributed by atoms with E-state index < -0.39 is 11.7 Å². The molecule has 0 unspecified atom stereocenters. The smallest absolute Gasteiger partial charge is 0.352 e. The van der Waals surface area contributed by atoms with Gasteiger partial charge in [-0.2, -0.15) is 13.2 Å². The van der Waals surface area contributed by atoms with Crippen LogP contribution in [0, 0.1) is 5.92 Å². The van der Waals surface area contributed by atoms with Crippen LogP contribution in [-0.4, -0.2) is 29.8 Å². The van der Waals surface area contributed by atoms with Crippen LogP contribution in [0.25, 0.3) is 0 Å². The first kappa shape index (κ1) is 19.0. The second-order valence-corrected chi connectivity index (χ2v) is 6.38. The average molecular weight is 354 g/mol. The van der Waals surface area contributed by atoms with Crippen LogP contribution < -0.4 is 5.32 Å². The predicted molar refractivity (Wildman–Crippen MR) is 87.4 cm³/mol. The van der Waals surface area contributed by atoms with Crippen molar-refractivity contribution in [3.8, 4) is 0 Å². The molecule has 1 heterocycles. The Labute approximate surface area is 144 Å². The molecular formula is C18H21F3N2O2. The van der Waals surface area contributed by atoms with E-state index in [9.17, 15) is 22.8 Å². The van der Waals surface area contributed by atoms with Crippen LogP contribution in [0.15, 0.2) is 36.4 Å². The lowest BCUT2D eigenvalue weighted by atomic mass is 9.96. The molecular weight excluding hydrogens is 333 g/mol. The lowest BCUT2D eigenvalue weighted by molar-refractivity contribution is -0.138. The normalized spacial score (nSPS) is 18.2. The molecule has 2 amide bonds. The number of hydrogen-bond donors (Lipinski definition) is 1. The molecule has 4 nitrogen and oxygen atoms in total. The van der Waals surface area contributed by atoms with E-state index in [4.69, 9.17) is 0 Å². The molecule has 7 heteroatoms. The van der Waals surface area contributed by atoms with Gasteiger partial charge < -0.3 is 10.2 Å². The van der Waals surface area contributed by atoms with E-state index in [-0.39, 0.29) is 37.2 Å². The Hall–Kier alpha value is -2.31. The fourth-order valence-electron chi connectivity index (χ4n) is 2.73. The number of carbonyl (C=O) groups excluding carboxylic acids is 2. The second kappa shape index (κ2) is 7.72. The van der Waals surface area contributed by atoms with Crippen molar-refractivity contribution in [3.05, 3.63) is 47.5 Å². The predicted octanol–water partition coefficient (Wildman–Crippen LogP) is 3.14. The summed E-state index contributed by atoms with van der Waals surface area (Å²) >= 11 is 0. The number of piperidine rings is 1. The largest absolute Gasteiger partial charge is 0.416 e. The number of halogens is 3. The third kappa shape index (κ3) is 5.34. The summed E-state index contributed by atoms with van der Waals surface area (Å²) in [6.07, 6.45) is -3.77. The van der Waals surface area contributed by atoms with Crippen molar-refractivity contribution in [3.63, 3.8) is 0 Å². The lowest BCUT2D eigenvalue weighted by Crippen LogP contribution is -2.45.